The highest BCUT2D eigenvalue weighted by Crippen LogP contribution is 2.22. The highest BCUT2D eigenvalue weighted by molar-refractivity contribution is 5.26. The molecule has 2 aromatic carbocycles. The normalized spacial score (nSPS) is 12.5. The minimum Gasteiger partial charge on any atom is -0.324 e. The molecule has 0 aliphatic carbocycles. The van der Waals surface area contributed by atoms with Gasteiger partial charge in [-0.1, -0.05) is 18.2 Å². The lowest BCUT2D eigenvalue weighted by Gasteiger charge is -2.13. The molecule has 0 radical (unpaired) electrons. The highest BCUT2D eigenvalue weighted by atomic mass is 19.2. The molecule has 0 heterocycles. The van der Waals surface area contributed by atoms with Gasteiger partial charge in [0.05, 0.1) is 0 Å². The number of halogens is 4. The molecule has 0 fully saturated rings. The van der Waals surface area contributed by atoms with Crippen molar-refractivity contribution < 1.29 is 17.6 Å². The lowest BCUT2D eigenvalue weighted by molar-refractivity contribution is 0.491. The summed E-state index contributed by atoms with van der Waals surface area (Å²) in [5.41, 5.74) is 5.86. The van der Waals surface area contributed by atoms with Crippen molar-refractivity contribution in [2.45, 2.75) is 12.5 Å². The summed E-state index contributed by atoms with van der Waals surface area (Å²) >= 11 is 0. The van der Waals surface area contributed by atoms with Crippen molar-refractivity contribution >= 4 is 0 Å². The minimum atomic E-state index is -1.000. The quantitative estimate of drug-likeness (QED) is 0.848. The Morgan fingerprint density at radius 2 is 1.68 bits per heavy atom. The second-order valence-electron chi connectivity index (χ2n) is 4.19. The number of hydrogen-bond donors (Lipinski definition) is 1. The molecular weight excluding hydrogens is 258 g/mol. The molecule has 0 aliphatic rings. The number of nitrogens with two attached hydrogens (primary N) is 1. The van der Waals surface area contributed by atoms with Crippen LogP contribution in [0.2, 0.25) is 0 Å². The summed E-state index contributed by atoms with van der Waals surface area (Å²) in [5, 5.41) is 0. The maximum Gasteiger partial charge on any atom is 0.162 e. The van der Waals surface area contributed by atoms with Gasteiger partial charge >= 0.3 is 0 Å². The second kappa shape index (κ2) is 5.40. The van der Waals surface area contributed by atoms with E-state index in [4.69, 9.17) is 5.73 Å². The minimum absolute atomic E-state index is 0.0521. The van der Waals surface area contributed by atoms with Crippen LogP contribution in [0.3, 0.4) is 0 Å². The number of hydrogen-bond acceptors (Lipinski definition) is 1. The van der Waals surface area contributed by atoms with Gasteiger partial charge in [-0.05, 0) is 24.1 Å². The van der Waals surface area contributed by atoms with E-state index in [1.807, 2.05) is 0 Å². The molecule has 19 heavy (non-hydrogen) atoms. The van der Waals surface area contributed by atoms with Gasteiger partial charge in [-0.15, -0.1) is 0 Å². The molecule has 0 aliphatic heterocycles. The zero-order valence-electron chi connectivity index (χ0n) is 9.84. The first-order valence-electron chi connectivity index (χ1n) is 5.62. The van der Waals surface area contributed by atoms with Gasteiger partial charge in [-0.3, -0.25) is 0 Å². The summed E-state index contributed by atoms with van der Waals surface area (Å²) in [6.45, 7) is 0. The van der Waals surface area contributed by atoms with Crippen LogP contribution in [0.15, 0.2) is 36.4 Å². The van der Waals surface area contributed by atoms with Crippen LogP contribution < -0.4 is 5.73 Å². The second-order valence-corrected chi connectivity index (χ2v) is 4.19. The summed E-state index contributed by atoms with van der Waals surface area (Å²) < 4.78 is 52.7. The fraction of sp³-hybridized carbons (Fsp3) is 0.143. The van der Waals surface area contributed by atoms with Gasteiger partial charge in [0, 0.05) is 17.7 Å². The molecule has 5 heteroatoms. The SMILES string of the molecule is NC(Cc1cccc(F)c1F)c1ccc(F)cc1F. The van der Waals surface area contributed by atoms with E-state index in [-0.39, 0.29) is 17.5 Å². The van der Waals surface area contributed by atoms with Crippen LogP contribution in [-0.4, -0.2) is 0 Å². The van der Waals surface area contributed by atoms with Crippen LogP contribution in [0.5, 0.6) is 0 Å². The van der Waals surface area contributed by atoms with Crippen LogP contribution in [0, 0.1) is 23.3 Å². The largest absolute Gasteiger partial charge is 0.324 e. The Morgan fingerprint density at radius 1 is 0.947 bits per heavy atom. The summed E-state index contributed by atoms with van der Waals surface area (Å²) in [6.07, 6.45) is -0.0772. The third kappa shape index (κ3) is 2.93. The fourth-order valence-corrected chi connectivity index (χ4v) is 1.86. The molecule has 2 N–H and O–H groups in total. The number of benzene rings is 2. The Labute approximate surface area is 107 Å². The van der Waals surface area contributed by atoms with E-state index < -0.39 is 29.3 Å². The number of rotatable bonds is 3. The lowest BCUT2D eigenvalue weighted by atomic mass is 9.99. The maximum absolute atomic E-state index is 13.5. The molecule has 1 atom stereocenters. The Kier molecular flexibility index (Phi) is 3.85. The van der Waals surface area contributed by atoms with Crippen molar-refractivity contribution in [3.05, 3.63) is 70.8 Å². The van der Waals surface area contributed by atoms with Crippen molar-refractivity contribution in [2.24, 2.45) is 5.73 Å². The molecule has 100 valence electrons. The van der Waals surface area contributed by atoms with E-state index in [9.17, 15) is 17.6 Å². The van der Waals surface area contributed by atoms with Crippen LogP contribution in [-0.2, 0) is 6.42 Å². The third-order valence-electron chi connectivity index (χ3n) is 2.83. The molecule has 2 rings (SSSR count). The molecule has 1 nitrogen and oxygen atoms in total. The van der Waals surface area contributed by atoms with Crippen LogP contribution in [0.1, 0.15) is 17.2 Å². The molecule has 2 aromatic rings. The van der Waals surface area contributed by atoms with E-state index in [2.05, 4.69) is 0 Å². The van der Waals surface area contributed by atoms with E-state index in [1.165, 1.54) is 18.2 Å². The predicted molar refractivity (Wildman–Crippen MR) is 63.3 cm³/mol. The summed E-state index contributed by atoms with van der Waals surface area (Å²) in [4.78, 5) is 0. The van der Waals surface area contributed by atoms with Gasteiger partial charge in [0.1, 0.15) is 11.6 Å². The van der Waals surface area contributed by atoms with E-state index >= 15 is 0 Å². The van der Waals surface area contributed by atoms with E-state index in [0.717, 1.165) is 12.1 Å². The van der Waals surface area contributed by atoms with Crippen LogP contribution in [0.25, 0.3) is 0 Å². The predicted octanol–water partition coefficient (Wildman–Crippen LogP) is 3.49. The molecular formula is C14H11F4N. The van der Waals surface area contributed by atoms with Gasteiger partial charge in [0.15, 0.2) is 11.6 Å². The molecule has 0 amide bonds. The molecule has 0 aromatic heterocycles. The summed E-state index contributed by atoms with van der Waals surface area (Å²) in [7, 11) is 0. The average Bonchev–Trinajstić information content (AvgIpc) is 2.34. The standard InChI is InChI=1S/C14H11F4N/c15-9-4-5-10(12(17)7-9)13(19)6-8-2-1-3-11(16)14(8)18/h1-5,7,13H,6,19H2. The first-order chi connectivity index (χ1) is 8.99. The molecule has 0 saturated heterocycles. The average molecular weight is 269 g/mol. The topological polar surface area (TPSA) is 26.0 Å². The van der Waals surface area contributed by atoms with Crippen molar-refractivity contribution in [1.29, 1.82) is 0 Å². The van der Waals surface area contributed by atoms with Gasteiger partial charge in [0.2, 0.25) is 0 Å². The summed E-state index contributed by atoms with van der Waals surface area (Å²) in [5.74, 6) is -3.50. The Balaban J connectivity index is 2.25. The van der Waals surface area contributed by atoms with Crippen LogP contribution >= 0.6 is 0 Å². The third-order valence-corrected chi connectivity index (χ3v) is 2.83. The van der Waals surface area contributed by atoms with Gasteiger partial charge in [-0.2, -0.15) is 0 Å². The maximum atomic E-state index is 13.5. The van der Waals surface area contributed by atoms with Gasteiger partial charge < -0.3 is 5.73 Å². The van der Waals surface area contributed by atoms with Crippen molar-refractivity contribution in [3.8, 4) is 0 Å². The fourth-order valence-electron chi connectivity index (χ4n) is 1.86. The molecule has 1 unspecified atom stereocenters. The van der Waals surface area contributed by atoms with Crippen molar-refractivity contribution in [1.82, 2.24) is 0 Å². The smallest absolute Gasteiger partial charge is 0.162 e. The van der Waals surface area contributed by atoms with E-state index in [0.29, 0.717) is 6.07 Å². The van der Waals surface area contributed by atoms with E-state index in [1.54, 1.807) is 0 Å². The highest BCUT2D eigenvalue weighted by Gasteiger charge is 2.16. The zero-order valence-corrected chi connectivity index (χ0v) is 9.84. The Morgan fingerprint density at radius 3 is 2.37 bits per heavy atom. The first-order valence-corrected chi connectivity index (χ1v) is 5.62. The van der Waals surface area contributed by atoms with Gasteiger partial charge in [-0.25, -0.2) is 17.6 Å². The Bertz CT molecular complexity index is 598. The Hall–Kier alpha value is -1.88. The monoisotopic (exact) mass is 269 g/mol. The van der Waals surface area contributed by atoms with Crippen LogP contribution in [0.4, 0.5) is 17.6 Å². The molecule has 0 saturated carbocycles. The summed E-state index contributed by atoms with van der Waals surface area (Å²) in [6, 6.07) is 5.81. The zero-order chi connectivity index (χ0) is 14.0. The molecule has 0 bridgehead atoms. The van der Waals surface area contributed by atoms with Gasteiger partial charge in [0.25, 0.3) is 0 Å². The lowest BCUT2D eigenvalue weighted by Crippen LogP contribution is -2.16. The first kappa shape index (κ1) is 13.5. The van der Waals surface area contributed by atoms with Crippen molar-refractivity contribution in [2.75, 3.05) is 0 Å². The molecule has 0 spiro atoms. The van der Waals surface area contributed by atoms with Crippen molar-refractivity contribution in [3.63, 3.8) is 0 Å².